The summed E-state index contributed by atoms with van der Waals surface area (Å²) in [6, 6.07) is 10.9. The average molecular weight is 579 g/mol. The van der Waals surface area contributed by atoms with Crippen molar-refractivity contribution < 1.29 is 19.2 Å². The summed E-state index contributed by atoms with van der Waals surface area (Å²) in [7, 11) is 0. The molecule has 1 atom stereocenters. The molecule has 3 aliphatic carbocycles. The van der Waals surface area contributed by atoms with E-state index in [4.69, 9.17) is 10.1 Å². The lowest BCUT2D eigenvalue weighted by Gasteiger charge is -2.57. The van der Waals surface area contributed by atoms with Crippen LogP contribution in [0.25, 0.3) is 11.3 Å². The van der Waals surface area contributed by atoms with Crippen LogP contribution in [0.3, 0.4) is 0 Å². The van der Waals surface area contributed by atoms with Gasteiger partial charge in [-0.15, -0.1) is 0 Å². The van der Waals surface area contributed by atoms with E-state index in [2.05, 4.69) is 33.6 Å². The molecule has 4 heterocycles. The standard InChI is InChI=1S/C33H34N6O4/c1-18-3-2-4-26(35-18)25-17-38(37-29(25)20-5-6-20)22-14-33(15-22)12-19(13-33)16-34-21-7-8-23-24(11-21)32(43)39(31(23)42)27-9-10-28(40)36-30(27)41/h2-4,7-8,11,17,19-20,22,27,34H,5-6,9-10,12-16H2,1H3,(H,36,40,41). The third-order valence-corrected chi connectivity index (χ3v) is 10.1. The van der Waals surface area contributed by atoms with Gasteiger partial charge in [-0.2, -0.15) is 5.10 Å². The Bertz CT molecular complexity index is 1690. The van der Waals surface area contributed by atoms with Gasteiger partial charge in [0.25, 0.3) is 11.8 Å². The van der Waals surface area contributed by atoms with E-state index in [9.17, 15) is 19.2 Å². The van der Waals surface area contributed by atoms with Crippen LogP contribution < -0.4 is 10.6 Å². The molecule has 43 heavy (non-hydrogen) atoms. The second kappa shape index (κ2) is 9.59. The Balaban J connectivity index is 0.872. The Labute approximate surface area is 249 Å². The van der Waals surface area contributed by atoms with Crippen LogP contribution in [-0.2, 0) is 9.59 Å². The molecule has 4 amide bonds. The lowest BCUT2D eigenvalue weighted by Crippen LogP contribution is -2.54. The maximum atomic E-state index is 13.1. The fraction of sp³-hybridized carbons (Fsp3) is 0.455. The van der Waals surface area contributed by atoms with Gasteiger partial charge in [0.1, 0.15) is 6.04 Å². The lowest BCUT2D eigenvalue weighted by molar-refractivity contribution is -0.136. The van der Waals surface area contributed by atoms with Crippen molar-refractivity contribution in [3.8, 4) is 11.3 Å². The minimum atomic E-state index is -0.952. The zero-order valence-corrected chi connectivity index (χ0v) is 24.1. The highest BCUT2D eigenvalue weighted by Gasteiger charge is 2.53. The summed E-state index contributed by atoms with van der Waals surface area (Å²) in [4.78, 5) is 55.7. The van der Waals surface area contributed by atoms with Gasteiger partial charge in [-0.05, 0) is 93.5 Å². The summed E-state index contributed by atoms with van der Waals surface area (Å²) in [6.07, 6.45) is 9.57. The van der Waals surface area contributed by atoms with E-state index in [0.29, 0.717) is 34.4 Å². The number of pyridine rings is 1. The molecule has 2 aromatic heterocycles. The highest BCUT2D eigenvalue weighted by Crippen LogP contribution is 2.62. The molecule has 1 unspecified atom stereocenters. The molecular formula is C33H34N6O4. The Hall–Kier alpha value is -4.34. The fourth-order valence-corrected chi connectivity index (χ4v) is 7.75. The summed E-state index contributed by atoms with van der Waals surface area (Å²) < 4.78 is 2.21. The quantitative estimate of drug-likeness (QED) is 0.399. The number of imide groups is 2. The number of nitrogens with one attached hydrogen (secondary N) is 2. The van der Waals surface area contributed by atoms with E-state index in [1.54, 1.807) is 12.1 Å². The maximum Gasteiger partial charge on any atom is 0.262 e. The lowest BCUT2D eigenvalue weighted by atomic mass is 9.50. The van der Waals surface area contributed by atoms with Gasteiger partial charge >= 0.3 is 0 Å². The first-order chi connectivity index (χ1) is 20.8. The predicted molar refractivity (Wildman–Crippen MR) is 157 cm³/mol. The number of benzene rings is 1. The molecule has 1 spiro atoms. The van der Waals surface area contributed by atoms with Crippen molar-refractivity contribution in [3.63, 3.8) is 0 Å². The molecule has 3 aromatic rings. The highest BCUT2D eigenvalue weighted by molar-refractivity contribution is 6.23. The third-order valence-electron chi connectivity index (χ3n) is 10.1. The second-order valence-electron chi connectivity index (χ2n) is 13.3. The molecule has 10 heteroatoms. The fourth-order valence-electron chi connectivity index (χ4n) is 7.75. The van der Waals surface area contributed by atoms with Gasteiger partial charge in [0.2, 0.25) is 11.8 Å². The molecule has 0 bridgehead atoms. The second-order valence-corrected chi connectivity index (χ2v) is 13.3. The summed E-state index contributed by atoms with van der Waals surface area (Å²) in [5, 5.41) is 10.8. The number of amides is 4. The van der Waals surface area contributed by atoms with Crippen molar-refractivity contribution in [2.24, 2.45) is 11.3 Å². The van der Waals surface area contributed by atoms with Gasteiger partial charge in [0, 0.05) is 42.0 Å². The van der Waals surface area contributed by atoms with Crippen LogP contribution in [-0.4, -0.2) is 55.9 Å². The van der Waals surface area contributed by atoms with E-state index in [1.165, 1.54) is 36.9 Å². The Morgan fingerprint density at radius 2 is 1.74 bits per heavy atom. The van der Waals surface area contributed by atoms with Crippen LogP contribution in [0.15, 0.2) is 42.6 Å². The molecule has 4 fully saturated rings. The van der Waals surface area contributed by atoms with Gasteiger partial charge in [0.05, 0.1) is 28.6 Å². The number of carbonyl (C=O) groups excluding carboxylic acids is 4. The molecule has 2 N–H and O–H groups in total. The number of nitrogens with zero attached hydrogens (tertiary/aromatic N) is 4. The topological polar surface area (TPSA) is 126 Å². The molecule has 1 aromatic carbocycles. The first-order valence-corrected chi connectivity index (χ1v) is 15.4. The summed E-state index contributed by atoms with van der Waals surface area (Å²) in [5.74, 6) is -0.816. The molecule has 1 saturated heterocycles. The molecule has 3 saturated carbocycles. The van der Waals surface area contributed by atoms with Crippen molar-refractivity contribution >= 4 is 29.3 Å². The number of hydrogen-bond donors (Lipinski definition) is 2. The van der Waals surface area contributed by atoms with Crippen LogP contribution in [0.5, 0.6) is 0 Å². The Morgan fingerprint density at radius 1 is 0.953 bits per heavy atom. The third kappa shape index (κ3) is 4.46. The summed E-state index contributed by atoms with van der Waals surface area (Å²) in [5.41, 5.74) is 6.25. The number of aryl methyl sites for hydroxylation is 1. The van der Waals surface area contributed by atoms with Crippen molar-refractivity contribution in [2.45, 2.75) is 76.3 Å². The van der Waals surface area contributed by atoms with Crippen molar-refractivity contribution in [3.05, 3.63) is 65.1 Å². The number of anilines is 1. The van der Waals surface area contributed by atoms with Crippen LogP contribution in [0.2, 0.25) is 0 Å². The van der Waals surface area contributed by atoms with Crippen LogP contribution in [0.1, 0.15) is 95.4 Å². The molecule has 220 valence electrons. The first-order valence-electron chi connectivity index (χ1n) is 15.4. The largest absolute Gasteiger partial charge is 0.385 e. The normalized spacial score (nSPS) is 28.0. The Morgan fingerprint density at radius 3 is 2.49 bits per heavy atom. The summed E-state index contributed by atoms with van der Waals surface area (Å²) in [6.45, 7) is 2.84. The summed E-state index contributed by atoms with van der Waals surface area (Å²) >= 11 is 0. The zero-order chi connectivity index (χ0) is 29.5. The molecule has 2 aliphatic heterocycles. The smallest absolute Gasteiger partial charge is 0.262 e. The Kier molecular flexibility index (Phi) is 5.86. The van der Waals surface area contributed by atoms with Gasteiger partial charge in [-0.25, -0.2) is 0 Å². The first kappa shape index (κ1) is 26.3. The van der Waals surface area contributed by atoms with Gasteiger partial charge in [-0.3, -0.25) is 39.1 Å². The molecule has 10 nitrogen and oxygen atoms in total. The van der Waals surface area contributed by atoms with E-state index in [0.717, 1.165) is 41.4 Å². The van der Waals surface area contributed by atoms with Crippen LogP contribution >= 0.6 is 0 Å². The van der Waals surface area contributed by atoms with E-state index < -0.39 is 23.8 Å². The van der Waals surface area contributed by atoms with Gasteiger partial charge < -0.3 is 5.32 Å². The molecule has 5 aliphatic rings. The molecule has 8 rings (SSSR count). The number of rotatable bonds is 7. The maximum absolute atomic E-state index is 13.1. The van der Waals surface area contributed by atoms with Gasteiger partial charge in [0.15, 0.2) is 0 Å². The minimum Gasteiger partial charge on any atom is -0.385 e. The van der Waals surface area contributed by atoms with Crippen LogP contribution in [0.4, 0.5) is 5.69 Å². The number of aromatic nitrogens is 3. The minimum absolute atomic E-state index is 0.107. The average Bonchev–Trinajstić information content (AvgIpc) is 3.65. The van der Waals surface area contributed by atoms with E-state index in [1.807, 2.05) is 19.1 Å². The SMILES string of the molecule is Cc1cccc(-c2cn(C3CC4(CC(CNc5ccc6c(c5)C(=O)N(C5CCC(=O)NC5=O)C6=O)C4)C3)nc2C2CC2)n1. The molecule has 0 radical (unpaired) electrons. The van der Waals surface area contributed by atoms with Crippen molar-refractivity contribution in [2.75, 3.05) is 11.9 Å². The predicted octanol–water partition coefficient (Wildman–Crippen LogP) is 4.38. The highest BCUT2D eigenvalue weighted by atomic mass is 16.2. The van der Waals surface area contributed by atoms with E-state index in [-0.39, 0.29) is 18.7 Å². The van der Waals surface area contributed by atoms with Crippen molar-refractivity contribution in [1.29, 1.82) is 0 Å². The number of fused-ring (bicyclic) bond motifs is 1. The van der Waals surface area contributed by atoms with Crippen LogP contribution in [0, 0.1) is 18.3 Å². The molecular weight excluding hydrogens is 544 g/mol. The number of piperidine rings is 1. The van der Waals surface area contributed by atoms with Crippen molar-refractivity contribution in [1.82, 2.24) is 25.0 Å². The monoisotopic (exact) mass is 578 g/mol. The number of carbonyl (C=O) groups is 4. The van der Waals surface area contributed by atoms with E-state index >= 15 is 0 Å². The zero-order valence-electron chi connectivity index (χ0n) is 24.1. The number of hydrogen-bond acceptors (Lipinski definition) is 7. The van der Waals surface area contributed by atoms with Gasteiger partial charge in [-0.1, -0.05) is 6.07 Å².